The smallest absolute Gasteiger partial charge is 0.236 e. The van der Waals surface area contributed by atoms with Gasteiger partial charge in [0.15, 0.2) is 16.7 Å². The number of hydrogen-bond donors (Lipinski definition) is 1. The summed E-state index contributed by atoms with van der Waals surface area (Å²) < 4.78 is 11.8. The quantitative estimate of drug-likeness (QED) is 0.456. The molecule has 0 aliphatic carbocycles. The van der Waals surface area contributed by atoms with Crippen molar-refractivity contribution >= 4 is 45.0 Å². The van der Waals surface area contributed by atoms with Crippen molar-refractivity contribution in [2.75, 3.05) is 19.0 Å². The number of carbonyl (C=O) groups is 1. The highest BCUT2D eigenvalue weighted by atomic mass is 79.9. The topological polar surface area (TPSA) is 72.3 Å². The number of carbonyl (C=O) groups excluding carboxylic acids is 1. The first-order valence-electron chi connectivity index (χ1n) is 6.70. The Morgan fingerprint density at radius 2 is 2.26 bits per heavy atom. The first kappa shape index (κ1) is 17.4. The monoisotopic (exact) mass is 395 g/mol. The zero-order valence-corrected chi connectivity index (χ0v) is 14.7. The standard InChI is InChI=1S/C15H14BrN3O3S/c1-3-5-22-13-7-11(16)10(6-12(13)21-4-2)8-17-19-15-18-14(20)9-23-15/h1,6-8H,4-5,9H2,2H3,(H,18,19,20). The van der Waals surface area contributed by atoms with Crippen LogP contribution in [0.15, 0.2) is 26.8 Å². The molecule has 0 aromatic heterocycles. The third kappa shape index (κ3) is 5.01. The van der Waals surface area contributed by atoms with Gasteiger partial charge in [0.1, 0.15) is 6.61 Å². The SMILES string of the molecule is C#CCOc1cc(Br)c(C=NN=C2NC(=O)CS2)cc1OCC. The molecule has 6 nitrogen and oxygen atoms in total. The van der Waals surface area contributed by atoms with Crippen LogP contribution < -0.4 is 14.8 Å². The van der Waals surface area contributed by atoms with Gasteiger partial charge in [0, 0.05) is 10.0 Å². The van der Waals surface area contributed by atoms with Crippen LogP contribution in [0.25, 0.3) is 0 Å². The van der Waals surface area contributed by atoms with Gasteiger partial charge in [0.25, 0.3) is 0 Å². The van der Waals surface area contributed by atoms with E-state index in [1.54, 1.807) is 18.3 Å². The minimum Gasteiger partial charge on any atom is -0.490 e. The van der Waals surface area contributed by atoms with Crippen LogP contribution in [-0.4, -0.2) is 36.3 Å². The molecule has 8 heteroatoms. The third-order valence-electron chi connectivity index (χ3n) is 2.61. The van der Waals surface area contributed by atoms with Gasteiger partial charge < -0.3 is 14.8 Å². The van der Waals surface area contributed by atoms with Gasteiger partial charge in [-0.3, -0.25) is 4.79 Å². The maximum Gasteiger partial charge on any atom is 0.236 e. The Kier molecular flexibility index (Phi) is 6.50. The summed E-state index contributed by atoms with van der Waals surface area (Å²) in [6.45, 7) is 2.53. The van der Waals surface area contributed by atoms with Crippen LogP contribution in [0, 0.1) is 12.3 Å². The third-order valence-corrected chi connectivity index (χ3v) is 4.16. The molecule has 120 valence electrons. The number of terminal acetylenes is 1. The number of ether oxygens (including phenoxy) is 2. The van der Waals surface area contributed by atoms with Crippen LogP contribution in [0.5, 0.6) is 11.5 Å². The molecule has 1 aliphatic heterocycles. The predicted octanol–water partition coefficient (Wildman–Crippen LogP) is 2.41. The Morgan fingerprint density at radius 1 is 1.48 bits per heavy atom. The van der Waals surface area contributed by atoms with Crippen molar-refractivity contribution in [2.45, 2.75) is 6.92 Å². The summed E-state index contributed by atoms with van der Waals surface area (Å²) in [5.41, 5.74) is 0.764. The van der Waals surface area contributed by atoms with E-state index < -0.39 is 0 Å². The van der Waals surface area contributed by atoms with Gasteiger partial charge in [-0.05, 0) is 35.0 Å². The molecule has 0 atom stereocenters. The van der Waals surface area contributed by atoms with Gasteiger partial charge in [-0.15, -0.1) is 11.5 Å². The molecule has 23 heavy (non-hydrogen) atoms. The van der Waals surface area contributed by atoms with E-state index in [1.165, 1.54) is 11.8 Å². The summed E-state index contributed by atoms with van der Waals surface area (Å²) in [6.07, 6.45) is 6.77. The minimum absolute atomic E-state index is 0.0706. The predicted molar refractivity (Wildman–Crippen MR) is 95.3 cm³/mol. The highest BCUT2D eigenvalue weighted by Gasteiger charge is 2.16. The van der Waals surface area contributed by atoms with E-state index in [2.05, 4.69) is 37.4 Å². The second-order valence-electron chi connectivity index (χ2n) is 4.23. The number of rotatable bonds is 6. The van der Waals surface area contributed by atoms with Crippen molar-refractivity contribution in [3.63, 3.8) is 0 Å². The van der Waals surface area contributed by atoms with Gasteiger partial charge in [-0.25, -0.2) is 0 Å². The Labute approximate surface area is 146 Å². The molecule has 0 unspecified atom stereocenters. The van der Waals surface area contributed by atoms with Crippen LogP contribution in [0.4, 0.5) is 0 Å². The van der Waals surface area contributed by atoms with Crippen LogP contribution in [-0.2, 0) is 4.79 Å². The molecule has 1 saturated heterocycles. The number of nitrogens with zero attached hydrogens (tertiary/aromatic N) is 2. The van der Waals surface area contributed by atoms with Crippen LogP contribution in [0.1, 0.15) is 12.5 Å². The first-order valence-corrected chi connectivity index (χ1v) is 8.48. The number of halogens is 1. The molecule has 0 radical (unpaired) electrons. The summed E-state index contributed by atoms with van der Waals surface area (Å²) in [6, 6.07) is 3.55. The number of benzene rings is 1. The number of thioether (sulfide) groups is 1. The van der Waals surface area contributed by atoms with Crippen molar-refractivity contribution < 1.29 is 14.3 Å². The van der Waals surface area contributed by atoms with Crippen molar-refractivity contribution in [2.24, 2.45) is 10.2 Å². The van der Waals surface area contributed by atoms with E-state index in [4.69, 9.17) is 15.9 Å². The van der Waals surface area contributed by atoms with E-state index in [9.17, 15) is 4.79 Å². The fraction of sp³-hybridized carbons (Fsp3) is 0.267. The molecule has 0 spiro atoms. The Balaban J connectivity index is 2.19. The second kappa shape index (κ2) is 8.60. The van der Waals surface area contributed by atoms with Crippen molar-refractivity contribution in [1.82, 2.24) is 5.32 Å². The summed E-state index contributed by atoms with van der Waals surface area (Å²) in [5.74, 6) is 3.84. The highest BCUT2D eigenvalue weighted by Crippen LogP contribution is 2.33. The summed E-state index contributed by atoms with van der Waals surface area (Å²) in [7, 11) is 0. The van der Waals surface area contributed by atoms with Crippen LogP contribution >= 0.6 is 27.7 Å². The van der Waals surface area contributed by atoms with Crippen molar-refractivity contribution in [3.8, 4) is 23.8 Å². The Morgan fingerprint density at radius 3 is 2.91 bits per heavy atom. The molecule has 1 N–H and O–H groups in total. The van der Waals surface area contributed by atoms with E-state index >= 15 is 0 Å². The molecule has 2 rings (SSSR count). The molecule has 1 amide bonds. The number of nitrogens with one attached hydrogen (secondary N) is 1. The maximum absolute atomic E-state index is 11.1. The lowest BCUT2D eigenvalue weighted by Crippen LogP contribution is -2.19. The van der Waals surface area contributed by atoms with Gasteiger partial charge in [0.2, 0.25) is 5.91 Å². The largest absolute Gasteiger partial charge is 0.490 e. The fourth-order valence-corrected chi connectivity index (χ4v) is 2.73. The van der Waals surface area contributed by atoms with E-state index in [1.807, 2.05) is 6.92 Å². The van der Waals surface area contributed by atoms with Gasteiger partial charge in [0.05, 0.1) is 18.6 Å². The molecular weight excluding hydrogens is 382 g/mol. The zero-order chi connectivity index (χ0) is 16.7. The Hall–Kier alpha value is -1.98. The zero-order valence-electron chi connectivity index (χ0n) is 12.3. The molecular formula is C15H14BrN3O3S. The first-order chi connectivity index (χ1) is 11.1. The highest BCUT2D eigenvalue weighted by molar-refractivity contribution is 9.10. The minimum atomic E-state index is -0.0706. The molecule has 0 saturated carbocycles. The lowest BCUT2D eigenvalue weighted by Gasteiger charge is -2.12. The van der Waals surface area contributed by atoms with Crippen molar-refractivity contribution in [1.29, 1.82) is 0 Å². The fourth-order valence-electron chi connectivity index (χ4n) is 1.67. The summed E-state index contributed by atoms with van der Waals surface area (Å²) in [5, 5.41) is 11.0. The molecule has 1 aromatic rings. The van der Waals surface area contributed by atoms with Crippen LogP contribution in [0.3, 0.4) is 0 Å². The number of amidine groups is 1. The number of amides is 1. The van der Waals surface area contributed by atoms with Crippen molar-refractivity contribution in [3.05, 3.63) is 22.2 Å². The Bertz CT molecular complexity index is 698. The lowest BCUT2D eigenvalue weighted by molar-refractivity contribution is -0.116. The molecule has 1 aliphatic rings. The van der Waals surface area contributed by atoms with Gasteiger partial charge in [-0.1, -0.05) is 17.7 Å². The van der Waals surface area contributed by atoms with Gasteiger partial charge >= 0.3 is 0 Å². The normalized spacial score (nSPS) is 15.7. The molecule has 1 heterocycles. The molecule has 1 aromatic carbocycles. The average Bonchev–Trinajstić information content (AvgIpc) is 2.94. The van der Waals surface area contributed by atoms with E-state index in [0.717, 1.165) is 10.0 Å². The lowest BCUT2D eigenvalue weighted by atomic mass is 10.2. The summed E-state index contributed by atoms with van der Waals surface area (Å²) >= 11 is 4.76. The average molecular weight is 396 g/mol. The number of hydrogen-bond acceptors (Lipinski definition) is 6. The molecule has 1 fully saturated rings. The second-order valence-corrected chi connectivity index (χ2v) is 6.05. The van der Waals surface area contributed by atoms with E-state index in [-0.39, 0.29) is 12.5 Å². The van der Waals surface area contributed by atoms with E-state index in [0.29, 0.717) is 29.0 Å². The molecule has 0 bridgehead atoms. The van der Waals surface area contributed by atoms with Crippen LogP contribution in [0.2, 0.25) is 0 Å². The summed E-state index contributed by atoms with van der Waals surface area (Å²) in [4.78, 5) is 11.1. The maximum atomic E-state index is 11.1. The van der Waals surface area contributed by atoms with Gasteiger partial charge in [-0.2, -0.15) is 5.10 Å².